The van der Waals surface area contributed by atoms with Crippen molar-refractivity contribution in [3.63, 3.8) is 0 Å². The number of para-hydroxylation sites is 2. The van der Waals surface area contributed by atoms with Gasteiger partial charge in [0.15, 0.2) is 0 Å². The molecule has 1 saturated heterocycles. The maximum absolute atomic E-state index is 6.48. The monoisotopic (exact) mass is 490 g/mol. The Kier molecular flexibility index (Phi) is 5.55. The van der Waals surface area contributed by atoms with E-state index in [1.165, 1.54) is 0 Å². The summed E-state index contributed by atoms with van der Waals surface area (Å²) >= 11 is 0. The van der Waals surface area contributed by atoms with Gasteiger partial charge >= 0.3 is 7.12 Å². The van der Waals surface area contributed by atoms with E-state index >= 15 is 0 Å². The second-order valence-electron chi connectivity index (χ2n) is 10.7. The number of rotatable bonds is 4. The molecule has 0 saturated carbocycles. The third-order valence-corrected chi connectivity index (χ3v) is 7.80. The number of hydrogen-bond acceptors (Lipinski definition) is 6. The molecule has 0 unspecified atom stereocenters. The number of benzene rings is 2. The first kappa shape index (κ1) is 24.0. The first-order valence-electron chi connectivity index (χ1n) is 13.1. The summed E-state index contributed by atoms with van der Waals surface area (Å²) in [5, 5.41) is 2.07. The van der Waals surface area contributed by atoms with E-state index in [9.17, 15) is 0 Å². The lowest BCUT2D eigenvalue weighted by Crippen LogP contribution is -2.41. The average Bonchev–Trinajstić information content (AvgIpc) is 3.12. The number of nitrogens with zero attached hydrogens (tertiary/aromatic N) is 4. The fourth-order valence-corrected chi connectivity index (χ4v) is 4.87. The third kappa shape index (κ3) is 3.88. The second kappa shape index (κ2) is 8.57. The molecule has 0 aliphatic carbocycles. The first-order valence-corrected chi connectivity index (χ1v) is 13.1. The van der Waals surface area contributed by atoms with Gasteiger partial charge in [0.25, 0.3) is 0 Å². The van der Waals surface area contributed by atoms with Crippen molar-refractivity contribution in [1.29, 1.82) is 0 Å². The van der Waals surface area contributed by atoms with E-state index in [1.54, 1.807) is 0 Å². The third-order valence-electron chi connectivity index (χ3n) is 7.80. The van der Waals surface area contributed by atoms with Crippen molar-refractivity contribution in [2.75, 3.05) is 0 Å². The van der Waals surface area contributed by atoms with Crippen LogP contribution in [0.1, 0.15) is 52.9 Å². The molecule has 0 bridgehead atoms. The molecule has 2 aromatic carbocycles. The Morgan fingerprint density at radius 1 is 0.703 bits per heavy atom. The van der Waals surface area contributed by atoms with Crippen molar-refractivity contribution in [2.45, 2.75) is 65.6 Å². The zero-order chi connectivity index (χ0) is 25.9. The van der Waals surface area contributed by atoms with Crippen LogP contribution in [0.15, 0.2) is 54.6 Å². The molecular formula is C30H31BN4O2. The van der Waals surface area contributed by atoms with Crippen LogP contribution in [0.2, 0.25) is 0 Å². The molecule has 1 aliphatic heterocycles. The first-order chi connectivity index (χ1) is 17.7. The molecule has 186 valence electrons. The molecule has 1 aliphatic rings. The van der Waals surface area contributed by atoms with E-state index in [4.69, 9.17) is 29.2 Å². The van der Waals surface area contributed by atoms with Crippen LogP contribution in [0.5, 0.6) is 0 Å². The fourth-order valence-electron chi connectivity index (χ4n) is 4.87. The zero-order valence-electron chi connectivity index (χ0n) is 22.3. The van der Waals surface area contributed by atoms with Crippen LogP contribution >= 0.6 is 0 Å². The summed E-state index contributed by atoms with van der Waals surface area (Å²) < 4.78 is 13.0. The highest BCUT2D eigenvalue weighted by molar-refractivity contribution is 6.63. The Bertz CT molecular complexity index is 1670. The van der Waals surface area contributed by atoms with Crippen LogP contribution in [0.3, 0.4) is 0 Å². The second-order valence-corrected chi connectivity index (χ2v) is 10.7. The van der Waals surface area contributed by atoms with Crippen LogP contribution < -0.4 is 5.59 Å². The molecule has 6 nitrogen and oxygen atoms in total. The molecule has 0 spiro atoms. The molecule has 0 atom stereocenters. The molecule has 6 rings (SSSR count). The standard InChI is InChI=1S/C30H31BN4O2/c1-7-19-15-13-18-14-16-21-22(17-20(8-2)33-26(21)25(18)32-19)27-28(31-36-29(3,4)30(5,6)37-31)35-24-12-10-9-11-23(24)34-27/h9-17H,7-8H2,1-6H3. The summed E-state index contributed by atoms with van der Waals surface area (Å²) in [5.41, 5.74) is 6.89. The summed E-state index contributed by atoms with van der Waals surface area (Å²) in [6.45, 7) is 12.5. The predicted octanol–water partition coefficient (Wildman–Crippen LogP) is 5.82. The zero-order valence-corrected chi connectivity index (χ0v) is 22.3. The topological polar surface area (TPSA) is 70.0 Å². The normalized spacial score (nSPS) is 16.8. The lowest BCUT2D eigenvalue weighted by atomic mass is 9.80. The van der Waals surface area contributed by atoms with Crippen LogP contribution in [0.4, 0.5) is 0 Å². The van der Waals surface area contributed by atoms with E-state index in [0.717, 1.165) is 68.3 Å². The van der Waals surface area contributed by atoms with Gasteiger partial charge in [-0.15, -0.1) is 0 Å². The molecule has 0 amide bonds. The van der Waals surface area contributed by atoms with Gasteiger partial charge in [-0.1, -0.05) is 44.2 Å². The number of hydrogen-bond donors (Lipinski definition) is 0. The molecule has 7 heteroatoms. The molecule has 3 aromatic heterocycles. The van der Waals surface area contributed by atoms with Gasteiger partial charge in [-0.3, -0.25) is 15.0 Å². The van der Waals surface area contributed by atoms with Gasteiger partial charge in [0.2, 0.25) is 0 Å². The predicted molar refractivity (Wildman–Crippen MR) is 150 cm³/mol. The highest BCUT2D eigenvalue weighted by atomic mass is 16.7. The summed E-state index contributed by atoms with van der Waals surface area (Å²) in [7, 11) is -0.643. The van der Waals surface area contributed by atoms with Gasteiger partial charge in [-0.25, -0.2) is 4.98 Å². The van der Waals surface area contributed by atoms with E-state index in [2.05, 4.69) is 71.9 Å². The van der Waals surface area contributed by atoms with Gasteiger partial charge in [0.05, 0.1) is 44.6 Å². The van der Waals surface area contributed by atoms with E-state index in [0.29, 0.717) is 5.59 Å². The Hall–Kier alpha value is -3.42. The van der Waals surface area contributed by atoms with Gasteiger partial charge < -0.3 is 9.31 Å². The van der Waals surface area contributed by atoms with Crippen molar-refractivity contribution in [2.24, 2.45) is 0 Å². The minimum Gasteiger partial charge on any atom is -0.398 e. The average molecular weight is 490 g/mol. The minimum atomic E-state index is -0.643. The van der Waals surface area contributed by atoms with Crippen LogP contribution in [-0.4, -0.2) is 38.3 Å². The van der Waals surface area contributed by atoms with Crippen molar-refractivity contribution in [3.05, 3.63) is 66.0 Å². The highest BCUT2D eigenvalue weighted by Gasteiger charge is 2.53. The summed E-state index contributed by atoms with van der Waals surface area (Å²) in [6, 6.07) is 18.5. The minimum absolute atomic E-state index is 0.492. The molecule has 4 heterocycles. The quantitative estimate of drug-likeness (QED) is 0.234. The van der Waals surface area contributed by atoms with Crippen LogP contribution in [-0.2, 0) is 22.2 Å². The number of fused-ring (bicyclic) bond motifs is 4. The van der Waals surface area contributed by atoms with Crippen LogP contribution in [0.25, 0.3) is 44.1 Å². The Morgan fingerprint density at radius 3 is 2.00 bits per heavy atom. The maximum atomic E-state index is 6.48. The summed E-state index contributed by atoms with van der Waals surface area (Å²) in [4.78, 5) is 20.2. The van der Waals surface area contributed by atoms with Crippen molar-refractivity contribution in [1.82, 2.24) is 19.9 Å². The van der Waals surface area contributed by atoms with Crippen molar-refractivity contribution < 1.29 is 9.31 Å². The number of aromatic nitrogens is 4. The molecule has 37 heavy (non-hydrogen) atoms. The maximum Gasteiger partial charge on any atom is 0.516 e. The van der Waals surface area contributed by atoms with Crippen molar-refractivity contribution in [3.8, 4) is 11.3 Å². The van der Waals surface area contributed by atoms with Gasteiger partial charge in [-0.2, -0.15) is 0 Å². The molecule has 0 radical (unpaired) electrons. The Balaban J connectivity index is 1.67. The lowest BCUT2D eigenvalue weighted by molar-refractivity contribution is 0.00578. The van der Waals surface area contributed by atoms with Crippen LogP contribution in [0, 0.1) is 0 Å². The number of aryl methyl sites for hydroxylation is 2. The van der Waals surface area contributed by atoms with E-state index in [1.807, 2.05) is 24.3 Å². The van der Waals surface area contributed by atoms with Gasteiger partial charge in [0, 0.05) is 27.7 Å². The van der Waals surface area contributed by atoms with E-state index in [-0.39, 0.29) is 0 Å². The Morgan fingerprint density at radius 2 is 1.32 bits per heavy atom. The van der Waals surface area contributed by atoms with Gasteiger partial charge in [0.1, 0.15) is 0 Å². The molecule has 5 aromatic rings. The molecule has 0 N–H and O–H groups in total. The number of pyridine rings is 2. The molecular weight excluding hydrogens is 459 g/mol. The largest absolute Gasteiger partial charge is 0.516 e. The summed E-state index contributed by atoms with van der Waals surface area (Å²) in [5.74, 6) is 0. The summed E-state index contributed by atoms with van der Waals surface area (Å²) in [6.07, 6.45) is 1.66. The van der Waals surface area contributed by atoms with Crippen molar-refractivity contribution >= 4 is 45.6 Å². The highest BCUT2D eigenvalue weighted by Crippen LogP contribution is 2.38. The SMILES string of the molecule is CCc1ccc2ccc3c(-c4nc5ccccc5nc4B4OC(C)(C)C(C)(C)O4)cc(CC)nc3c2n1. The van der Waals surface area contributed by atoms with E-state index < -0.39 is 18.3 Å². The smallest absolute Gasteiger partial charge is 0.398 e. The van der Waals surface area contributed by atoms with Gasteiger partial charge in [-0.05, 0) is 64.8 Å². The molecule has 1 fully saturated rings. The Labute approximate surface area is 217 Å². The fraction of sp³-hybridized carbons (Fsp3) is 0.333. The lowest BCUT2D eigenvalue weighted by Gasteiger charge is -2.32.